The Morgan fingerprint density at radius 1 is 1.06 bits per heavy atom. The molecule has 1 aromatic heterocycles. The fourth-order valence-corrected chi connectivity index (χ4v) is 3.34. The number of alkyl carbamates (subject to hydrolysis) is 1. The number of nitrogens with one attached hydrogen (secondary N) is 4. The topological polar surface area (TPSA) is 142 Å². The van der Waals surface area contributed by atoms with Gasteiger partial charge in [0.15, 0.2) is 0 Å². The van der Waals surface area contributed by atoms with E-state index in [1.807, 2.05) is 36.6 Å². The predicted octanol–water partition coefficient (Wildman–Crippen LogP) is 1.97. The molecule has 1 aromatic carbocycles. The lowest BCUT2D eigenvalue weighted by Gasteiger charge is -2.29. The molecule has 2 rings (SSSR count). The Morgan fingerprint density at radius 3 is 2.31 bits per heavy atom. The molecule has 0 saturated heterocycles. The molecule has 0 aliphatic rings. The van der Waals surface area contributed by atoms with Crippen LogP contribution >= 0.6 is 0 Å². The van der Waals surface area contributed by atoms with Crippen molar-refractivity contribution in [2.45, 2.75) is 77.1 Å². The number of carbonyl (C=O) groups is 3. The van der Waals surface area contributed by atoms with Gasteiger partial charge in [-0.05, 0) is 40.2 Å². The van der Waals surface area contributed by atoms with Gasteiger partial charge >= 0.3 is 6.09 Å². The number of H-pyrrole nitrogens is 1. The van der Waals surface area contributed by atoms with E-state index in [0.29, 0.717) is 5.69 Å². The largest absolute Gasteiger partial charge is 0.444 e. The summed E-state index contributed by atoms with van der Waals surface area (Å²) in [6.45, 7) is 8.60. The molecule has 189 valence electrons. The molecule has 0 aliphatic heterocycles. The molecule has 10 nitrogen and oxygen atoms in total. The lowest BCUT2D eigenvalue weighted by Crippen LogP contribution is -2.54. The van der Waals surface area contributed by atoms with Crippen LogP contribution in [0.3, 0.4) is 0 Å². The highest BCUT2D eigenvalue weighted by Gasteiger charge is 2.30. The van der Waals surface area contributed by atoms with Gasteiger partial charge in [-0.15, -0.1) is 0 Å². The summed E-state index contributed by atoms with van der Waals surface area (Å²) in [6.07, 6.45) is 4.55. The molecular formula is C25H34N5O5. The number of carbonyl (C=O) groups excluding carboxylic acids is 4. The maximum atomic E-state index is 13.1. The summed E-state index contributed by atoms with van der Waals surface area (Å²) in [4.78, 5) is 56.4. The summed E-state index contributed by atoms with van der Waals surface area (Å²) in [6, 6.07) is 7.33. The van der Waals surface area contributed by atoms with E-state index < -0.39 is 41.1 Å². The lowest BCUT2D eigenvalue weighted by molar-refractivity contribution is -0.129. The Hall–Kier alpha value is -3.69. The van der Waals surface area contributed by atoms with Crippen molar-refractivity contribution in [2.24, 2.45) is 0 Å². The van der Waals surface area contributed by atoms with E-state index in [0.717, 1.165) is 5.56 Å². The first-order chi connectivity index (χ1) is 16.4. The minimum Gasteiger partial charge on any atom is -0.444 e. The van der Waals surface area contributed by atoms with Gasteiger partial charge in [-0.25, -0.2) is 9.78 Å². The highest BCUT2D eigenvalue weighted by atomic mass is 16.6. The first-order valence-corrected chi connectivity index (χ1v) is 11.4. The van der Waals surface area contributed by atoms with Crippen molar-refractivity contribution in [1.82, 2.24) is 25.9 Å². The Balaban J connectivity index is 2.07. The molecule has 0 spiro atoms. The van der Waals surface area contributed by atoms with Crippen molar-refractivity contribution in [1.29, 1.82) is 0 Å². The Bertz CT molecular complexity index is 983. The quantitative estimate of drug-likeness (QED) is 0.384. The van der Waals surface area contributed by atoms with Gasteiger partial charge < -0.3 is 25.7 Å². The molecule has 0 unspecified atom stereocenters. The number of imidazole rings is 1. The van der Waals surface area contributed by atoms with E-state index in [4.69, 9.17) is 4.74 Å². The summed E-state index contributed by atoms with van der Waals surface area (Å²) in [5.74, 6) is -0.968. The molecule has 0 aliphatic carbocycles. The Labute approximate surface area is 205 Å². The fraction of sp³-hybridized carbons (Fsp3) is 0.480. The number of aromatic amines is 1. The van der Waals surface area contributed by atoms with Crippen LogP contribution in [0.2, 0.25) is 0 Å². The molecule has 35 heavy (non-hydrogen) atoms. The number of benzene rings is 1. The molecule has 2 atom stereocenters. The second-order valence-corrected chi connectivity index (χ2v) is 9.94. The summed E-state index contributed by atoms with van der Waals surface area (Å²) in [7, 11) is 0. The zero-order valence-electron chi connectivity index (χ0n) is 20.8. The van der Waals surface area contributed by atoms with Crippen LogP contribution in [0.4, 0.5) is 4.79 Å². The van der Waals surface area contributed by atoms with E-state index in [1.54, 1.807) is 40.8 Å². The number of ether oxygens (including phenoxy) is 1. The van der Waals surface area contributed by atoms with E-state index in [1.165, 1.54) is 6.33 Å². The average Bonchev–Trinajstić information content (AvgIpc) is 3.24. The molecule has 4 N–H and O–H groups in total. The maximum absolute atomic E-state index is 13.1. The molecular weight excluding hydrogens is 450 g/mol. The minimum absolute atomic E-state index is 0.0959. The third-order valence-electron chi connectivity index (χ3n) is 4.80. The van der Waals surface area contributed by atoms with Gasteiger partial charge in [-0.1, -0.05) is 30.3 Å². The van der Waals surface area contributed by atoms with Gasteiger partial charge in [-0.2, -0.15) is 0 Å². The molecule has 2 aromatic rings. The van der Waals surface area contributed by atoms with E-state index in [9.17, 15) is 19.2 Å². The van der Waals surface area contributed by atoms with Crippen LogP contribution in [-0.4, -0.2) is 57.4 Å². The average molecular weight is 485 g/mol. The van der Waals surface area contributed by atoms with Crippen molar-refractivity contribution in [3.63, 3.8) is 0 Å². The van der Waals surface area contributed by atoms with Crippen molar-refractivity contribution in [3.05, 3.63) is 54.1 Å². The molecule has 0 bridgehead atoms. The van der Waals surface area contributed by atoms with Crippen LogP contribution in [0.25, 0.3) is 0 Å². The van der Waals surface area contributed by atoms with Crippen molar-refractivity contribution < 1.29 is 23.9 Å². The third-order valence-corrected chi connectivity index (χ3v) is 4.80. The Morgan fingerprint density at radius 2 is 1.74 bits per heavy atom. The predicted molar refractivity (Wildman–Crippen MR) is 130 cm³/mol. The second-order valence-electron chi connectivity index (χ2n) is 9.94. The third kappa shape index (κ3) is 10.4. The first kappa shape index (κ1) is 27.6. The first-order valence-electron chi connectivity index (χ1n) is 11.4. The van der Waals surface area contributed by atoms with Crippen LogP contribution in [-0.2, 0) is 32.0 Å². The monoisotopic (exact) mass is 484 g/mol. The summed E-state index contributed by atoms with van der Waals surface area (Å²) < 4.78 is 5.26. The van der Waals surface area contributed by atoms with Gasteiger partial charge in [0, 0.05) is 31.0 Å². The van der Waals surface area contributed by atoms with Crippen molar-refractivity contribution in [2.75, 3.05) is 0 Å². The van der Waals surface area contributed by atoms with Crippen molar-refractivity contribution in [3.8, 4) is 0 Å². The van der Waals surface area contributed by atoms with Crippen LogP contribution < -0.4 is 16.0 Å². The SMILES string of the molecule is CC(C)(CC(=O)N[C@@H](Cc1ccccc1)C(=O)N[C@H]([C]=O)Cc1c[nH]cn1)NC(=O)OC(C)(C)C. The number of rotatable bonds is 11. The van der Waals surface area contributed by atoms with Crippen LogP contribution in [0.5, 0.6) is 0 Å². The molecule has 3 amide bonds. The number of aromatic nitrogens is 2. The van der Waals surface area contributed by atoms with Gasteiger partial charge in [0.25, 0.3) is 0 Å². The normalized spacial score (nSPS) is 13.3. The van der Waals surface area contributed by atoms with Gasteiger partial charge in [-0.3, -0.25) is 14.4 Å². The molecule has 0 fully saturated rings. The molecule has 0 saturated carbocycles. The van der Waals surface area contributed by atoms with Crippen LogP contribution in [0.1, 0.15) is 52.3 Å². The van der Waals surface area contributed by atoms with Gasteiger partial charge in [0.1, 0.15) is 17.7 Å². The van der Waals surface area contributed by atoms with E-state index >= 15 is 0 Å². The Kier molecular flexibility index (Phi) is 9.56. The number of nitrogens with zero attached hydrogens (tertiary/aromatic N) is 1. The maximum Gasteiger partial charge on any atom is 0.408 e. The summed E-state index contributed by atoms with van der Waals surface area (Å²) >= 11 is 0. The van der Waals surface area contributed by atoms with Crippen LogP contribution in [0.15, 0.2) is 42.9 Å². The molecule has 10 heteroatoms. The number of amides is 3. The zero-order chi connectivity index (χ0) is 26.1. The van der Waals surface area contributed by atoms with Crippen molar-refractivity contribution >= 4 is 24.2 Å². The standard InChI is InChI=1S/C25H34N5O5/c1-24(2,3)35-23(34)30-25(4,5)13-21(32)29-20(11-17-9-7-6-8-10-17)22(33)28-19(15-31)12-18-14-26-16-27-18/h6-10,14,16,19-20H,11-13H2,1-5H3,(H,26,27)(H,28,33)(H,29,32)(H,30,34)/t19-,20-/m0/s1. The van der Waals surface area contributed by atoms with Gasteiger partial charge in [0.05, 0.1) is 12.0 Å². The van der Waals surface area contributed by atoms with Gasteiger partial charge in [0.2, 0.25) is 18.1 Å². The minimum atomic E-state index is -0.947. The number of hydrogen-bond donors (Lipinski definition) is 4. The second kappa shape index (κ2) is 12.1. The fourth-order valence-electron chi connectivity index (χ4n) is 3.34. The summed E-state index contributed by atoms with van der Waals surface area (Å²) in [5, 5.41) is 8.05. The van der Waals surface area contributed by atoms with E-state index in [2.05, 4.69) is 25.9 Å². The molecule has 1 heterocycles. The van der Waals surface area contributed by atoms with E-state index in [-0.39, 0.29) is 19.3 Å². The number of hydrogen-bond acceptors (Lipinski definition) is 6. The van der Waals surface area contributed by atoms with Crippen LogP contribution in [0, 0.1) is 0 Å². The highest BCUT2D eigenvalue weighted by molar-refractivity contribution is 5.90. The summed E-state index contributed by atoms with van der Waals surface area (Å²) in [5.41, 5.74) is -0.182. The lowest BCUT2D eigenvalue weighted by atomic mass is 9.99. The smallest absolute Gasteiger partial charge is 0.408 e. The highest BCUT2D eigenvalue weighted by Crippen LogP contribution is 2.13. The zero-order valence-corrected chi connectivity index (χ0v) is 20.8. The molecule has 1 radical (unpaired) electrons.